The maximum absolute atomic E-state index is 4.28. The van der Waals surface area contributed by atoms with Crippen LogP contribution < -0.4 is 15.3 Å². The van der Waals surface area contributed by atoms with Gasteiger partial charge in [0.1, 0.15) is 0 Å². The summed E-state index contributed by atoms with van der Waals surface area (Å²) in [6.45, 7) is 12.8. The molecule has 0 heterocycles. The van der Waals surface area contributed by atoms with Crippen molar-refractivity contribution in [1.29, 1.82) is 0 Å². The van der Waals surface area contributed by atoms with Crippen LogP contribution >= 0.6 is 0 Å². The minimum Gasteiger partial charge on any atom is -0.339 e. The summed E-state index contributed by atoms with van der Waals surface area (Å²) in [4.78, 5) is 2.30. The lowest BCUT2D eigenvalue weighted by atomic mass is 10.1. The van der Waals surface area contributed by atoms with Gasteiger partial charge < -0.3 is 4.90 Å². The molecular formula is C23H27N. The summed E-state index contributed by atoms with van der Waals surface area (Å²) in [6, 6.07) is 19.0. The summed E-state index contributed by atoms with van der Waals surface area (Å²) in [5.41, 5.74) is 2.19. The van der Waals surface area contributed by atoms with E-state index in [1.165, 1.54) is 10.9 Å². The molecule has 24 heavy (non-hydrogen) atoms. The summed E-state index contributed by atoms with van der Waals surface area (Å²) in [6.07, 6.45) is 8.47. The van der Waals surface area contributed by atoms with Crippen molar-refractivity contribution in [2.75, 3.05) is 4.90 Å². The Bertz CT molecular complexity index is 786. The van der Waals surface area contributed by atoms with E-state index in [1.807, 2.05) is 18.2 Å². The molecule has 2 aromatic rings. The first-order valence-corrected chi connectivity index (χ1v) is 8.57. The average molecular weight is 317 g/mol. The summed E-state index contributed by atoms with van der Waals surface area (Å²) in [7, 11) is 0. The molecule has 0 aliphatic heterocycles. The summed E-state index contributed by atoms with van der Waals surface area (Å²) >= 11 is 0. The largest absolute Gasteiger partial charge is 0.339 e. The molecule has 0 N–H and O–H groups in total. The van der Waals surface area contributed by atoms with E-state index >= 15 is 0 Å². The lowest BCUT2D eigenvalue weighted by Crippen LogP contribution is -2.32. The monoisotopic (exact) mass is 317 g/mol. The van der Waals surface area contributed by atoms with Gasteiger partial charge in [0.2, 0.25) is 0 Å². The van der Waals surface area contributed by atoms with Gasteiger partial charge in [-0.2, -0.15) is 0 Å². The Hall–Kier alpha value is -2.54. The topological polar surface area (TPSA) is 3.24 Å². The van der Waals surface area contributed by atoms with Crippen molar-refractivity contribution >= 4 is 18.3 Å². The van der Waals surface area contributed by atoms with Crippen molar-refractivity contribution < 1.29 is 0 Å². The van der Waals surface area contributed by atoms with Gasteiger partial charge in [-0.25, -0.2) is 0 Å². The quantitative estimate of drug-likeness (QED) is 0.672. The molecular weight excluding hydrogens is 290 g/mol. The fourth-order valence-electron chi connectivity index (χ4n) is 2.76. The van der Waals surface area contributed by atoms with E-state index in [0.29, 0.717) is 6.04 Å². The van der Waals surface area contributed by atoms with Crippen LogP contribution in [0, 0.1) is 0 Å². The Morgan fingerprint density at radius 3 is 2.42 bits per heavy atom. The highest BCUT2D eigenvalue weighted by Gasteiger charge is 2.15. The van der Waals surface area contributed by atoms with Crippen molar-refractivity contribution in [3.05, 3.63) is 89.5 Å². The molecule has 0 radical (unpaired) electrons. The van der Waals surface area contributed by atoms with Crippen molar-refractivity contribution in [1.82, 2.24) is 0 Å². The molecule has 0 saturated heterocycles. The van der Waals surface area contributed by atoms with E-state index in [9.17, 15) is 0 Å². The summed E-state index contributed by atoms with van der Waals surface area (Å²) in [5.74, 6) is 0. The van der Waals surface area contributed by atoms with Gasteiger partial charge in [-0.1, -0.05) is 74.7 Å². The number of hydrogen-bond donors (Lipinski definition) is 0. The van der Waals surface area contributed by atoms with E-state index in [0.717, 1.165) is 23.8 Å². The number of para-hydroxylation sites is 1. The summed E-state index contributed by atoms with van der Waals surface area (Å²) in [5, 5.41) is 2.27. The summed E-state index contributed by atoms with van der Waals surface area (Å²) < 4.78 is 0. The number of nitrogens with zero attached hydrogens (tertiary/aromatic N) is 1. The number of anilines is 1. The third kappa shape index (κ3) is 4.73. The molecule has 0 amide bonds. The van der Waals surface area contributed by atoms with Crippen molar-refractivity contribution in [3.63, 3.8) is 0 Å². The molecule has 1 unspecified atom stereocenters. The van der Waals surface area contributed by atoms with Gasteiger partial charge in [0, 0.05) is 17.4 Å². The standard InChI is InChI=1S/C23H27N/c1-5-6-13-20(3)24(23-15-8-7-9-16-23)21(4)17-18-22-14-11-10-12-19(22)2/h6-16,18,21H,2-3,5,17H2,1,4H3/b13-6-,22-18-. The van der Waals surface area contributed by atoms with Crippen LogP contribution in [0.15, 0.2) is 79.0 Å². The fourth-order valence-corrected chi connectivity index (χ4v) is 2.76. The Morgan fingerprint density at radius 2 is 1.75 bits per heavy atom. The molecule has 0 saturated carbocycles. The number of rotatable bonds is 7. The molecule has 1 heteroatoms. The molecule has 0 aliphatic carbocycles. The van der Waals surface area contributed by atoms with Gasteiger partial charge in [-0.05, 0) is 48.4 Å². The second-order valence-electron chi connectivity index (χ2n) is 6.00. The first kappa shape index (κ1) is 17.8. The molecule has 0 fully saturated rings. The predicted octanol–water partition coefficient (Wildman–Crippen LogP) is 4.64. The van der Waals surface area contributed by atoms with Crippen molar-refractivity contribution in [2.45, 2.75) is 32.7 Å². The maximum atomic E-state index is 4.28. The third-order valence-electron chi connectivity index (χ3n) is 4.06. The second-order valence-corrected chi connectivity index (χ2v) is 6.00. The van der Waals surface area contributed by atoms with E-state index in [2.05, 4.69) is 86.5 Å². The van der Waals surface area contributed by atoms with Crippen LogP contribution in [0.2, 0.25) is 0 Å². The molecule has 2 aromatic carbocycles. The zero-order chi connectivity index (χ0) is 17.4. The van der Waals surface area contributed by atoms with E-state index in [4.69, 9.17) is 0 Å². The zero-order valence-electron chi connectivity index (χ0n) is 14.8. The molecule has 0 aromatic heterocycles. The molecule has 0 bridgehead atoms. The Kier molecular flexibility index (Phi) is 6.62. The minimum atomic E-state index is 0.306. The van der Waals surface area contributed by atoms with Crippen LogP contribution in [0.1, 0.15) is 26.7 Å². The van der Waals surface area contributed by atoms with Crippen molar-refractivity contribution in [2.24, 2.45) is 0 Å². The Morgan fingerprint density at radius 1 is 1.08 bits per heavy atom. The highest BCUT2D eigenvalue weighted by atomic mass is 15.2. The highest BCUT2D eigenvalue weighted by Crippen LogP contribution is 2.23. The van der Waals surface area contributed by atoms with Gasteiger partial charge >= 0.3 is 0 Å². The predicted molar refractivity (Wildman–Crippen MR) is 107 cm³/mol. The first-order chi connectivity index (χ1) is 11.6. The van der Waals surface area contributed by atoms with E-state index in [1.54, 1.807) is 0 Å². The number of hydrogen-bond acceptors (Lipinski definition) is 1. The van der Waals surface area contributed by atoms with Crippen LogP contribution in [0.4, 0.5) is 5.69 Å². The molecule has 0 aliphatic rings. The van der Waals surface area contributed by atoms with Gasteiger partial charge in [-0.3, -0.25) is 0 Å². The van der Waals surface area contributed by atoms with Crippen LogP contribution in [0.3, 0.4) is 0 Å². The molecule has 1 nitrogen and oxygen atoms in total. The third-order valence-corrected chi connectivity index (χ3v) is 4.06. The lowest BCUT2D eigenvalue weighted by molar-refractivity contribution is 0.721. The Balaban J connectivity index is 2.28. The van der Waals surface area contributed by atoms with Gasteiger partial charge in [0.25, 0.3) is 0 Å². The SMILES string of the molecule is C=C(/C=C\CC)N(c1ccccc1)C(C)C/C=c1/ccccc1=C. The lowest BCUT2D eigenvalue weighted by Gasteiger charge is -2.31. The normalized spacial score (nSPS) is 13.2. The Labute approximate surface area is 146 Å². The van der Waals surface area contributed by atoms with Gasteiger partial charge in [0.15, 0.2) is 0 Å². The maximum Gasteiger partial charge on any atom is 0.0413 e. The van der Waals surface area contributed by atoms with Crippen LogP contribution in [-0.2, 0) is 0 Å². The van der Waals surface area contributed by atoms with Gasteiger partial charge in [-0.15, -0.1) is 0 Å². The van der Waals surface area contributed by atoms with E-state index in [-0.39, 0.29) is 0 Å². The van der Waals surface area contributed by atoms with E-state index < -0.39 is 0 Å². The molecule has 124 valence electrons. The first-order valence-electron chi connectivity index (χ1n) is 8.57. The minimum absolute atomic E-state index is 0.306. The smallest absolute Gasteiger partial charge is 0.0413 e. The number of allylic oxidation sites excluding steroid dienone is 2. The van der Waals surface area contributed by atoms with Crippen molar-refractivity contribution in [3.8, 4) is 0 Å². The van der Waals surface area contributed by atoms with Crippen LogP contribution in [0.5, 0.6) is 0 Å². The highest BCUT2D eigenvalue weighted by molar-refractivity contribution is 5.55. The average Bonchev–Trinajstić information content (AvgIpc) is 2.60. The van der Waals surface area contributed by atoms with Crippen LogP contribution in [-0.4, -0.2) is 6.04 Å². The zero-order valence-corrected chi connectivity index (χ0v) is 14.8. The van der Waals surface area contributed by atoms with Crippen LogP contribution in [0.25, 0.3) is 12.7 Å². The van der Waals surface area contributed by atoms with Gasteiger partial charge in [0.05, 0.1) is 0 Å². The second kappa shape index (κ2) is 8.93. The fraction of sp³-hybridized carbons (Fsp3) is 0.217. The molecule has 0 spiro atoms. The molecule has 1 atom stereocenters. The molecule has 2 rings (SSSR count). The number of benzene rings is 2.